The first-order valence-corrected chi connectivity index (χ1v) is 8.23. The van der Waals surface area contributed by atoms with Crippen LogP contribution in [0.1, 0.15) is 41.5 Å². The molecule has 0 heterocycles. The molecule has 0 saturated carbocycles. The fourth-order valence-electron chi connectivity index (χ4n) is 1.95. The Hall–Kier alpha value is -2.31. The molecule has 0 bridgehead atoms. The van der Waals surface area contributed by atoms with Gasteiger partial charge in [0.15, 0.2) is 0 Å². The van der Waals surface area contributed by atoms with E-state index in [1.807, 2.05) is 20.8 Å². The smallest absolute Gasteiger partial charge is 0.407 e. The number of carbonyl (C=O) groups is 2. The van der Waals surface area contributed by atoms with Gasteiger partial charge in [0.1, 0.15) is 11.4 Å². The number of amides is 3. The zero-order valence-electron chi connectivity index (χ0n) is 15.7. The van der Waals surface area contributed by atoms with E-state index in [1.165, 1.54) is 18.2 Å². The SMILES string of the molecule is CC(C)C(C)(CNC(=O)OC(C)(C)C)NC(=O)Nc1cccc(F)c1. The van der Waals surface area contributed by atoms with Crippen molar-refractivity contribution in [3.8, 4) is 0 Å². The van der Waals surface area contributed by atoms with Crippen LogP contribution >= 0.6 is 0 Å². The predicted molar refractivity (Wildman–Crippen MR) is 96.0 cm³/mol. The third-order valence-electron chi connectivity index (χ3n) is 3.75. The van der Waals surface area contributed by atoms with Gasteiger partial charge in [-0.05, 0) is 51.8 Å². The van der Waals surface area contributed by atoms with Crippen LogP contribution in [0.2, 0.25) is 0 Å². The van der Waals surface area contributed by atoms with E-state index >= 15 is 0 Å². The fraction of sp³-hybridized carbons (Fsp3) is 0.556. The maximum atomic E-state index is 13.2. The molecule has 1 atom stereocenters. The van der Waals surface area contributed by atoms with Crippen LogP contribution in [-0.4, -0.2) is 29.8 Å². The Kier molecular flexibility index (Phi) is 6.78. The highest BCUT2D eigenvalue weighted by Gasteiger charge is 2.31. The summed E-state index contributed by atoms with van der Waals surface area (Å²) < 4.78 is 18.4. The van der Waals surface area contributed by atoms with E-state index in [-0.39, 0.29) is 12.5 Å². The average Bonchev–Trinajstić information content (AvgIpc) is 2.43. The predicted octanol–water partition coefficient (Wildman–Crippen LogP) is 3.89. The largest absolute Gasteiger partial charge is 0.444 e. The molecule has 25 heavy (non-hydrogen) atoms. The molecule has 1 aromatic carbocycles. The second kappa shape index (κ2) is 8.18. The molecular weight excluding hydrogens is 325 g/mol. The molecule has 0 radical (unpaired) electrons. The van der Waals surface area contributed by atoms with Crippen LogP contribution in [0.25, 0.3) is 0 Å². The maximum absolute atomic E-state index is 13.2. The monoisotopic (exact) mass is 353 g/mol. The lowest BCUT2D eigenvalue weighted by Gasteiger charge is -2.35. The van der Waals surface area contributed by atoms with Crippen molar-refractivity contribution in [2.24, 2.45) is 5.92 Å². The molecule has 0 aromatic heterocycles. The fourth-order valence-corrected chi connectivity index (χ4v) is 1.95. The summed E-state index contributed by atoms with van der Waals surface area (Å²) >= 11 is 0. The average molecular weight is 353 g/mol. The summed E-state index contributed by atoms with van der Waals surface area (Å²) in [7, 11) is 0. The van der Waals surface area contributed by atoms with E-state index < -0.39 is 29.1 Å². The van der Waals surface area contributed by atoms with Crippen molar-refractivity contribution >= 4 is 17.8 Å². The summed E-state index contributed by atoms with van der Waals surface area (Å²) in [5, 5.41) is 8.10. The van der Waals surface area contributed by atoms with Crippen LogP contribution in [0.5, 0.6) is 0 Å². The zero-order chi connectivity index (χ0) is 19.3. The number of alkyl carbamates (subject to hydrolysis) is 1. The molecule has 1 aromatic rings. The molecule has 1 unspecified atom stereocenters. The van der Waals surface area contributed by atoms with E-state index in [0.717, 1.165) is 0 Å². The number of ether oxygens (including phenoxy) is 1. The first-order chi connectivity index (χ1) is 11.4. The molecule has 0 aliphatic carbocycles. The van der Waals surface area contributed by atoms with Crippen LogP contribution in [-0.2, 0) is 4.74 Å². The normalized spacial score (nSPS) is 13.8. The summed E-state index contributed by atoms with van der Waals surface area (Å²) in [6, 6.07) is 5.15. The van der Waals surface area contributed by atoms with Gasteiger partial charge in [-0.3, -0.25) is 0 Å². The third kappa shape index (κ3) is 7.41. The Morgan fingerprint density at radius 2 is 1.84 bits per heavy atom. The van der Waals surface area contributed by atoms with E-state index in [9.17, 15) is 14.0 Å². The van der Waals surface area contributed by atoms with Gasteiger partial charge in [0.2, 0.25) is 0 Å². The molecule has 0 aliphatic heterocycles. The second-order valence-corrected chi connectivity index (χ2v) is 7.52. The van der Waals surface area contributed by atoms with E-state index in [1.54, 1.807) is 26.8 Å². The van der Waals surface area contributed by atoms with Crippen molar-refractivity contribution in [3.63, 3.8) is 0 Å². The van der Waals surface area contributed by atoms with Crippen molar-refractivity contribution in [1.29, 1.82) is 0 Å². The standard InChI is InChI=1S/C18H28FN3O3/c1-12(2)18(6,11-20-16(24)25-17(3,4)5)22-15(23)21-14-9-7-8-13(19)10-14/h7-10,12H,11H2,1-6H3,(H,20,24)(H2,21,22,23). The quantitative estimate of drug-likeness (QED) is 0.751. The minimum Gasteiger partial charge on any atom is -0.444 e. The van der Waals surface area contributed by atoms with Gasteiger partial charge >= 0.3 is 12.1 Å². The highest BCUT2D eigenvalue weighted by molar-refractivity contribution is 5.89. The summed E-state index contributed by atoms with van der Waals surface area (Å²) in [4.78, 5) is 24.1. The number of benzene rings is 1. The van der Waals surface area contributed by atoms with Gasteiger partial charge in [0, 0.05) is 12.2 Å². The van der Waals surface area contributed by atoms with E-state index in [4.69, 9.17) is 4.74 Å². The lowest BCUT2D eigenvalue weighted by atomic mass is 9.88. The van der Waals surface area contributed by atoms with Gasteiger partial charge in [-0.1, -0.05) is 19.9 Å². The summed E-state index contributed by atoms with van der Waals surface area (Å²) in [6.07, 6.45) is -0.549. The van der Waals surface area contributed by atoms with Crippen molar-refractivity contribution in [3.05, 3.63) is 30.1 Å². The first-order valence-electron chi connectivity index (χ1n) is 8.23. The second-order valence-electron chi connectivity index (χ2n) is 7.52. The van der Waals surface area contributed by atoms with Gasteiger partial charge < -0.3 is 20.7 Å². The Balaban J connectivity index is 2.68. The van der Waals surface area contributed by atoms with Crippen LogP contribution in [0.15, 0.2) is 24.3 Å². The Morgan fingerprint density at radius 3 is 2.36 bits per heavy atom. The molecule has 7 heteroatoms. The molecule has 3 amide bonds. The van der Waals surface area contributed by atoms with Crippen molar-refractivity contribution in [2.45, 2.75) is 52.7 Å². The number of hydrogen-bond acceptors (Lipinski definition) is 3. The minimum atomic E-state index is -0.714. The molecule has 0 aliphatic rings. The molecular formula is C18H28FN3O3. The topological polar surface area (TPSA) is 79.5 Å². The maximum Gasteiger partial charge on any atom is 0.407 e. The number of hydrogen-bond donors (Lipinski definition) is 3. The van der Waals surface area contributed by atoms with Crippen molar-refractivity contribution < 1.29 is 18.7 Å². The Labute approximate surface area is 148 Å². The number of rotatable bonds is 5. The highest BCUT2D eigenvalue weighted by Crippen LogP contribution is 2.17. The van der Waals surface area contributed by atoms with Gasteiger partial charge in [0.25, 0.3) is 0 Å². The molecule has 1 rings (SSSR count). The third-order valence-corrected chi connectivity index (χ3v) is 3.75. The molecule has 3 N–H and O–H groups in total. The Bertz CT molecular complexity index is 614. The molecule has 0 spiro atoms. The lowest BCUT2D eigenvalue weighted by Crippen LogP contribution is -2.58. The molecule has 0 saturated heterocycles. The van der Waals surface area contributed by atoms with Crippen LogP contribution in [0.3, 0.4) is 0 Å². The number of nitrogens with one attached hydrogen (secondary N) is 3. The van der Waals surface area contributed by atoms with Crippen molar-refractivity contribution in [2.75, 3.05) is 11.9 Å². The summed E-state index contributed by atoms with van der Waals surface area (Å²) in [5.74, 6) is -0.406. The van der Waals surface area contributed by atoms with Crippen LogP contribution in [0, 0.1) is 11.7 Å². The summed E-state index contributed by atoms with van der Waals surface area (Å²) in [5.41, 5.74) is -0.960. The molecule has 140 valence electrons. The van der Waals surface area contributed by atoms with Gasteiger partial charge in [-0.25, -0.2) is 14.0 Å². The van der Waals surface area contributed by atoms with E-state index in [2.05, 4.69) is 16.0 Å². The van der Waals surface area contributed by atoms with E-state index in [0.29, 0.717) is 5.69 Å². The lowest BCUT2D eigenvalue weighted by molar-refractivity contribution is 0.0505. The first kappa shape index (κ1) is 20.7. The molecule has 6 nitrogen and oxygen atoms in total. The highest BCUT2D eigenvalue weighted by atomic mass is 19.1. The van der Waals surface area contributed by atoms with Gasteiger partial charge in [0.05, 0.1) is 5.54 Å². The van der Waals surface area contributed by atoms with Crippen LogP contribution < -0.4 is 16.0 Å². The zero-order valence-corrected chi connectivity index (χ0v) is 15.7. The number of carbonyl (C=O) groups excluding carboxylic acids is 2. The minimum absolute atomic E-state index is 0.0284. The van der Waals surface area contributed by atoms with Crippen molar-refractivity contribution in [1.82, 2.24) is 10.6 Å². The molecule has 0 fully saturated rings. The van der Waals surface area contributed by atoms with Gasteiger partial charge in [-0.2, -0.15) is 0 Å². The summed E-state index contributed by atoms with van der Waals surface area (Å²) in [6.45, 7) is 11.2. The number of halogens is 1. The number of anilines is 1. The number of urea groups is 1. The van der Waals surface area contributed by atoms with Crippen LogP contribution in [0.4, 0.5) is 19.7 Å². The Morgan fingerprint density at radius 1 is 1.20 bits per heavy atom. The van der Waals surface area contributed by atoms with Gasteiger partial charge in [-0.15, -0.1) is 0 Å².